The third-order valence-corrected chi connectivity index (χ3v) is 10.0. The number of nitrogens with zero attached hydrogens (tertiary/aromatic N) is 3. The van der Waals surface area contributed by atoms with Crippen molar-refractivity contribution in [2.75, 3.05) is 18.4 Å². The number of aromatic nitrogens is 1. The predicted octanol–water partition coefficient (Wildman–Crippen LogP) is 6.30. The third-order valence-electron chi connectivity index (χ3n) is 7.78. The van der Waals surface area contributed by atoms with Crippen LogP contribution in [0, 0.1) is 0 Å². The molecule has 3 aromatic rings. The zero-order valence-electron chi connectivity index (χ0n) is 24.5. The molecule has 2 amide bonds. The standard InChI is InChI=1S/C32H41ClN4O4S/c1-3-4-21-36(42(40,41)30-18-16-27(17-19-30)34-25(2)38)24-32(39)37(28-12-6-5-7-13-28)23-29-14-10-20-35(29)22-26-11-8-9-15-31(26)33/h8-11,14-20,28H,3-7,12-13,21-24H2,1-2H3,(H,34,38). The van der Waals surface area contributed by atoms with Crippen molar-refractivity contribution < 1.29 is 18.0 Å². The maximum absolute atomic E-state index is 14.1. The summed E-state index contributed by atoms with van der Waals surface area (Å²) in [5, 5.41) is 3.35. The number of anilines is 1. The van der Waals surface area contributed by atoms with Crippen LogP contribution >= 0.6 is 11.6 Å². The molecule has 0 bridgehead atoms. The van der Waals surface area contributed by atoms with Gasteiger partial charge in [-0.05, 0) is 67.3 Å². The number of rotatable bonds is 13. The Kier molecular flexibility index (Phi) is 11.2. The van der Waals surface area contributed by atoms with E-state index in [4.69, 9.17) is 11.6 Å². The van der Waals surface area contributed by atoms with Crippen molar-refractivity contribution in [1.29, 1.82) is 0 Å². The molecule has 10 heteroatoms. The second kappa shape index (κ2) is 14.8. The largest absolute Gasteiger partial charge is 0.345 e. The molecule has 1 saturated carbocycles. The van der Waals surface area contributed by atoms with Crippen molar-refractivity contribution in [3.8, 4) is 0 Å². The molecule has 0 spiro atoms. The Morgan fingerprint density at radius 3 is 2.38 bits per heavy atom. The lowest BCUT2D eigenvalue weighted by Gasteiger charge is -2.36. The van der Waals surface area contributed by atoms with Gasteiger partial charge in [-0.15, -0.1) is 0 Å². The van der Waals surface area contributed by atoms with Crippen molar-refractivity contribution in [2.24, 2.45) is 0 Å². The Morgan fingerprint density at radius 2 is 1.71 bits per heavy atom. The van der Waals surface area contributed by atoms with Gasteiger partial charge in [-0.25, -0.2) is 8.42 Å². The Hall–Kier alpha value is -3.14. The first-order valence-corrected chi connectivity index (χ1v) is 16.6. The molecule has 1 heterocycles. The van der Waals surface area contributed by atoms with Gasteiger partial charge in [0.05, 0.1) is 18.0 Å². The topological polar surface area (TPSA) is 91.7 Å². The Bertz CT molecular complexity index is 1450. The van der Waals surface area contributed by atoms with Crippen LogP contribution in [0.5, 0.6) is 0 Å². The maximum atomic E-state index is 14.1. The molecule has 1 aliphatic rings. The van der Waals surface area contributed by atoms with Crippen LogP contribution in [-0.4, -0.2) is 53.1 Å². The molecule has 0 atom stereocenters. The summed E-state index contributed by atoms with van der Waals surface area (Å²) in [6.45, 7) is 4.40. The first-order chi connectivity index (χ1) is 20.2. The molecule has 8 nitrogen and oxygen atoms in total. The number of unbranched alkanes of at least 4 members (excludes halogenated alkanes) is 1. The molecule has 1 aliphatic carbocycles. The molecule has 1 N–H and O–H groups in total. The van der Waals surface area contributed by atoms with Crippen molar-refractivity contribution in [1.82, 2.24) is 13.8 Å². The highest BCUT2D eigenvalue weighted by molar-refractivity contribution is 7.89. The number of carbonyl (C=O) groups excluding carboxylic acids is 2. The molecular formula is C32H41ClN4O4S. The second-order valence-corrected chi connectivity index (χ2v) is 13.3. The fraction of sp³-hybridized carbons (Fsp3) is 0.438. The third kappa shape index (κ3) is 8.24. The zero-order chi connectivity index (χ0) is 30.1. The molecule has 0 unspecified atom stereocenters. The molecule has 4 rings (SSSR count). The van der Waals surface area contributed by atoms with E-state index in [0.717, 1.165) is 49.8 Å². The summed E-state index contributed by atoms with van der Waals surface area (Å²) in [7, 11) is -3.94. The molecule has 2 aromatic carbocycles. The minimum Gasteiger partial charge on any atom is -0.345 e. The van der Waals surface area contributed by atoms with Gasteiger partial charge in [0.1, 0.15) is 0 Å². The molecular weight excluding hydrogens is 572 g/mol. The summed E-state index contributed by atoms with van der Waals surface area (Å²) in [5.74, 6) is -0.427. The number of amides is 2. The summed E-state index contributed by atoms with van der Waals surface area (Å²) in [5.41, 5.74) is 2.49. The van der Waals surface area contributed by atoms with Crippen LogP contribution in [0.3, 0.4) is 0 Å². The summed E-state index contributed by atoms with van der Waals surface area (Å²) in [6, 6.07) is 17.9. The van der Waals surface area contributed by atoms with E-state index in [1.807, 2.05) is 54.4 Å². The normalized spacial score (nSPS) is 14.2. The lowest BCUT2D eigenvalue weighted by molar-refractivity contribution is -0.135. The number of halogens is 1. The molecule has 1 fully saturated rings. The van der Waals surface area contributed by atoms with Crippen molar-refractivity contribution >= 4 is 39.1 Å². The Morgan fingerprint density at radius 1 is 1.00 bits per heavy atom. The van der Waals surface area contributed by atoms with Crippen LogP contribution in [0.4, 0.5) is 5.69 Å². The smallest absolute Gasteiger partial charge is 0.243 e. The lowest BCUT2D eigenvalue weighted by atomic mass is 9.94. The Labute approximate surface area is 254 Å². The number of carbonyl (C=O) groups is 2. The highest BCUT2D eigenvalue weighted by Crippen LogP contribution is 2.27. The van der Waals surface area contributed by atoms with E-state index in [1.165, 1.54) is 23.4 Å². The number of nitrogens with one attached hydrogen (secondary N) is 1. The van der Waals surface area contributed by atoms with Crippen molar-refractivity contribution in [3.05, 3.63) is 83.1 Å². The molecule has 1 aromatic heterocycles. The van der Waals surface area contributed by atoms with Crippen LogP contribution < -0.4 is 5.32 Å². The van der Waals surface area contributed by atoms with Gasteiger partial charge in [-0.3, -0.25) is 9.59 Å². The van der Waals surface area contributed by atoms with Gasteiger partial charge in [0.15, 0.2) is 0 Å². The van der Waals surface area contributed by atoms with E-state index in [9.17, 15) is 18.0 Å². The first-order valence-electron chi connectivity index (χ1n) is 14.7. The van der Waals surface area contributed by atoms with Crippen LogP contribution in [0.25, 0.3) is 0 Å². The van der Waals surface area contributed by atoms with E-state index < -0.39 is 10.0 Å². The van der Waals surface area contributed by atoms with E-state index in [0.29, 0.717) is 30.2 Å². The summed E-state index contributed by atoms with van der Waals surface area (Å²) in [6.07, 6.45) is 8.48. The maximum Gasteiger partial charge on any atom is 0.243 e. The highest BCUT2D eigenvalue weighted by Gasteiger charge is 2.32. The fourth-order valence-corrected chi connectivity index (χ4v) is 7.09. The van der Waals surface area contributed by atoms with Gasteiger partial charge in [0, 0.05) is 48.7 Å². The van der Waals surface area contributed by atoms with Crippen LogP contribution in [0.15, 0.2) is 71.8 Å². The number of hydrogen-bond donors (Lipinski definition) is 1. The highest BCUT2D eigenvalue weighted by atomic mass is 35.5. The molecule has 42 heavy (non-hydrogen) atoms. The van der Waals surface area contributed by atoms with Crippen LogP contribution in [0.1, 0.15) is 70.1 Å². The monoisotopic (exact) mass is 612 g/mol. The van der Waals surface area contributed by atoms with E-state index in [2.05, 4.69) is 9.88 Å². The van der Waals surface area contributed by atoms with Gasteiger partial charge < -0.3 is 14.8 Å². The fourth-order valence-electron chi connectivity index (χ4n) is 5.47. The molecule has 0 aliphatic heterocycles. The number of hydrogen-bond acceptors (Lipinski definition) is 4. The molecule has 226 valence electrons. The van der Waals surface area contributed by atoms with E-state index >= 15 is 0 Å². The minimum atomic E-state index is -3.94. The number of sulfonamides is 1. The summed E-state index contributed by atoms with van der Waals surface area (Å²) in [4.78, 5) is 27.4. The SMILES string of the molecule is CCCCN(CC(=O)N(Cc1cccn1Cc1ccccc1Cl)C1CCCCC1)S(=O)(=O)c1ccc(NC(C)=O)cc1. The van der Waals surface area contributed by atoms with Crippen LogP contribution in [0.2, 0.25) is 5.02 Å². The molecule has 0 saturated heterocycles. The average molecular weight is 613 g/mol. The van der Waals surface area contributed by atoms with Gasteiger partial charge in [-0.2, -0.15) is 4.31 Å². The van der Waals surface area contributed by atoms with Gasteiger partial charge >= 0.3 is 0 Å². The van der Waals surface area contributed by atoms with Crippen molar-refractivity contribution in [3.63, 3.8) is 0 Å². The minimum absolute atomic E-state index is 0.0579. The quantitative estimate of drug-likeness (QED) is 0.245. The average Bonchev–Trinajstić information content (AvgIpc) is 3.41. The predicted molar refractivity (Wildman–Crippen MR) is 167 cm³/mol. The van der Waals surface area contributed by atoms with E-state index in [-0.39, 0.29) is 35.8 Å². The van der Waals surface area contributed by atoms with Gasteiger partial charge in [0.25, 0.3) is 0 Å². The van der Waals surface area contributed by atoms with Crippen molar-refractivity contribution in [2.45, 2.75) is 82.8 Å². The van der Waals surface area contributed by atoms with Gasteiger partial charge in [-0.1, -0.05) is 62.4 Å². The van der Waals surface area contributed by atoms with Gasteiger partial charge in [0.2, 0.25) is 21.8 Å². The van der Waals surface area contributed by atoms with E-state index in [1.54, 1.807) is 12.1 Å². The number of benzene rings is 2. The summed E-state index contributed by atoms with van der Waals surface area (Å²) >= 11 is 6.44. The Balaban J connectivity index is 1.58. The molecule has 0 radical (unpaired) electrons. The zero-order valence-corrected chi connectivity index (χ0v) is 26.0. The lowest BCUT2D eigenvalue weighted by Crippen LogP contribution is -2.47. The summed E-state index contributed by atoms with van der Waals surface area (Å²) < 4.78 is 30.9. The van der Waals surface area contributed by atoms with Crippen LogP contribution in [-0.2, 0) is 32.7 Å². The first kappa shape index (κ1) is 31.8. The second-order valence-electron chi connectivity index (χ2n) is 10.9.